The second-order valence-corrected chi connectivity index (χ2v) is 6.98. The molecule has 27 heavy (non-hydrogen) atoms. The molecule has 0 saturated carbocycles. The van der Waals surface area contributed by atoms with E-state index in [0.717, 1.165) is 30.4 Å². The summed E-state index contributed by atoms with van der Waals surface area (Å²) in [5, 5.41) is 10.9. The molecule has 0 bridgehead atoms. The Bertz CT molecular complexity index is 870. The van der Waals surface area contributed by atoms with Gasteiger partial charge in [-0.3, -0.25) is 9.59 Å². The first-order valence-electron chi connectivity index (χ1n) is 9.45. The molecule has 1 fully saturated rings. The second kappa shape index (κ2) is 8.21. The third kappa shape index (κ3) is 3.80. The zero-order valence-corrected chi connectivity index (χ0v) is 15.8. The standard InChI is InChI=1S/C23H25NO3/c1-3-4-8-14-24-20(18-13-9-10-16(2)15-18)19(22(26)23(24)27)21(25)17-11-6-5-7-12-17/h5-7,9-13,15,20,25H,3-4,8,14H2,1-2H3/b21-19-. The Morgan fingerprint density at radius 2 is 1.78 bits per heavy atom. The van der Waals surface area contributed by atoms with Gasteiger partial charge < -0.3 is 10.0 Å². The largest absolute Gasteiger partial charge is 0.507 e. The van der Waals surface area contributed by atoms with E-state index in [-0.39, 0.29) is 11.3 Å². The van der Waals surface area contributed by atoms with Crippen LogP contribution in [0.1, 0.15) is 48.9 Å². The molecule has 1 aliphatic rings. The molecule has 4 nitrogen and oxygen atoms in total. The zero-order valence-electron chi connectivity index (χ0n) is 15.8. The monoisotopic (exact) mass is 363 g/mol. The highest BCUT2D eigenvalue weighted by molar-refractivity contribution is 6.46. The van der Waals surface area contributed by atoms with Gasteiger partial charge in [0.15, 0.2) is 0 Å². The van der Waals surface area contributed by atoms with Crippen molar-refractivity contribution in [2.45, 2.75) is 39.2 Å². The fourth-order valence-electron chi connectivity index (χ4n) is 3.58. The summed E-state index contributed by atoms with van der Waals surface area (Å²) in [7, 11) is 0. The Kier molecular flexibility index (Phi) is 5.75. The van der Waals surface area contributed by atoms with Gasteiger partial charge in [-0.2, -0.15) is 0 Å². The minimum absolute atomic E-state index is 0.113. The maximum atomic E-state index is 12.8. The Labute approximate surface area is 160 Å². The molecule has 1 atom stereocenters. The van der Waals surface area contributed by atoms with Gasteiger partial charge in [0.25, 0.3) is 11.7 Å². The first-order chi connectivity index (χ1) is 13.0. The molecule has 0 spiro atoms. The molecule has 0 aromatic heterocycles. The summed E-state index contributed by atoms with van der Waals surface area (Å²) >= 11 is 0. The van der Waals surface area contributed by atoms with Crippen molar-refractivity contribution in [3.63, 3.8) is 0 Å². The van der Waals surface area contributed by atoms with Gasteiger partial charge in [0.2, 0.25) is 0 Å². The van der Waals surface area contributed by atoms with Gasteiger partial charge in [-0.05, 0) is 18.9 Å². The van der Waals surface area contributed by atoms with Crippen LogP contribution in [-0.2, 0) is 9.59 Å². The van der Waals surface area contributed by atoms with Gasteiger partial charge in [-0.15, -0.1) is 0 Å². The molecule has 1 heterocycles. The molecule has 4 heteroatoms. The van der Waals surface area contributed by atoms with Gasteiger partial charge >= 0.3 is 0 Å². The molecule has 1 amide bonds. The lowest BCUT2D eigenvalue weighted by Gasteiger charge is -2.25. The molecule has 140 valence electrons. The number of aliphatic hydroxyl groups is 1. The highest BCUT2D eigenvalue weighted by atomic mass is 16.3. The van der Waals surface area contributed by atoms with Crippen molar-refractivity contribution < 1.29 is 14.7 Å². The number of rotatable bonds is 6. The summed E-state index contributed by atoms with van der Waals surface area (Å²) in [5.41, 5.74) is 2.62. The molecule has 0 aliphatic carbocycles. The van der Waals surface area contributed by atoms with Crippen LogP contribution in [0.5, 0.6) is 0 Å². The van der Waals surface area contributed by atoms with Crippen molar-refractivity contribution >= 4 is 17.4 Å². The van der Waals surface area contributed by atoms with Crippen molar-refractivity contribution in [1.82, 2.24) is 4.90 Å². The van der Waals surface area contributed by atoms with E-state index in [1.54, 1.807) is 29.2 Å². The molecule has 1 unspecified atom stereocenters. The SMILES string of the molecule is CCCCCN1C(=O)C(=O)/C(=C(\O)c2ccccc2)C1c1cccc(C)c1. The van der Waals surface area contributed by atoms with Crippen LogP contribution >= 0.6 is 0 Å². The lowest BCUT2D eigenvalue weighted by molar-refractivity contribution is -0.139. The predicted molar refractivity (Wildman–Crippen MR) is 106 cm³/mol. The van der Waals surface area contributed by atoms with Crippen LogP contribution in [-0.4, -0.2) is 28.2 Å². The van der Waals surface area contributed by atoms with E-state index >= 15 is 0 Å². The first-order valence-corrected chi connectivity index (χ1v) is 9.45. The Morgan fingerprint density at radius 3 is 2.44 bits per heavy atom. The molecule has 0 radical (unpaired) electrons. The average Bonchev–Trinajstić information content (AvgIpc) is 2.93. The minimum Gasteiger partial charge on any atom is -0.507 e. The molecular formula is C23H25NO3. The third-order valence-corrected chi connectivity index (χ3v) is 4.95. The summed E-state index contributed by atoms with van der Waals surface area (Å²) in [6.07, 6.45) is 2.85. The molecule has 1 aliphatic heterocycles. The van der Waals surface area contributed by atoms with E-state index in [1.165, 1.54) is 0 Å². The normalized spacial score (nSPS) is 18.9. The number of benzene rings is 2. The maximum absolute atomic E-state index is 12.8. The fraction of sp³-hybridized carbons (Fsp3) is 0.304. The molecule has 1 N–H and O–H groups in total. The van der Waals surface area contributed by atoms with Crippen molar-refractivity contribution in [2.24, 2.45) is 0 Å². The van der Waals surface area contributed by atoms with E-state index in [2.05, 4.69) is 6.92 Å². The van der Waals surface area contributed by atoms with Crippen molar-refractivity contribution in [3.05, 3.63) is 76.9 Å². The minimum atomic E-state index is -0.612. The number of amides is 1. The van der Waals surface area contributed by atoms with Crippen LogP contribution < -0.4 is 0 Å². The van der Waals surface area contributed by atoms with Crippen LogP contribution in [0.2, 0.25) is 0 Å². The summed E-state index contributed by atoms with van der Waals surface area (Å²) < 4.78 is 0. The number of carbonyl (C=O) groups is 2. The number of aliphatic hydroxyl groups excluding tert-OH is 1. The van der Waals surface area contributed by atoms with Crippen LogP contribution in [0, 0.1) is 6.92 Å². The van der Waals surface area contributed by atoms with Crippen LogP contribution in [0.25, 0.3) is 5.76 Å². The van der Waals surface area contributed by atoms with Gasteiger partial charge in [-0.1, -0.05) is 79.9 Å². The van der Waals surface area contributed by atoms with E-state index in [4.69, 9.17) is 0 Å². The Morgan fingerprint density at radius 1 is 1.04 bits per heavy atom. The molecule has 1 saturated heterocycles. The van der Waals surface area contributed by atoms with Crippen LogP contribution in [0.3, 0.4) is 0 Å². The average molecular weight is 363 g/mol. The number of Topliss-reactive ketones (excluding diaryl/α,β-unsaturated/α-hetero) is 1. The number of aryl methyl sites for hydroxylation is 1. The number of ketones is 1. The number of likely N-dealkylation sites (tertiary alicyclic amines) is 1. The molecular weight excluding hydrogens is 338 g/mol. The number of hydrogen-bond donors (Lipinski definition) is 1. The zero-order chi connectivity index (χ0) is 19.4. The second-order valence-electron chi connectivity index (χ2n) is 6.98. The number of carbonyl (C=O) groups excluding carboxylic acids is 2. The Hall–Kier alpha value is -2.88. The van der Waals surface area contributed by atoms with Crippen molar-refractivity contribution in [1.29, 1.82) is 0 Å². The van der Waals surface area contributed by atoms with E-state index in [1.807, 2.05) is 37.3 Å². The highest BCUT2D eigenvalue weighted by Gasteiger charge is 2.45. The van der Waals surface area contributed by atoms with Crippen LogP contribution in [0.15, 0.2) is 60.2 Å². The fourth-order valence-corrected chi connectivity index (χ4v) is 3.58. The van der Waals surface area contributed by atoms with Gasteiger partial charge in [0, 0.05) is 12.1 Å². The predicted octanol–water partition coefficient (Wildman–Crippen LogP) is 4.61. The number of nitrogens with zero attached hydrogens (tertiary/aromatic N) is 1. The molecule has 2 aromatic carbocycles. The van der Waals surface area contributed by atoms with Crippen LogP contribution in [0.4, 0.5) is 0 Å². The summed E-state index contributed by atoms with van der Waals surface area (Å²) in [5.74, 6) is -1.26. The lowest BCUT2D eigenvalue weighted by Crippen LogP contribution is -2.30. The number of unbranched alkanes of at least 4 members (excludes halogenated alkanes) is 2. The van der Waals surface area contributed by atoms with E-state index in [9.17, 15) is 14.7 Å². The van der Waals surface area contributed by atoms with Gasteiger partial charge in [-0.25, -0.2) is 0 Å². The number of hydrogen-bond acceptors (Lipinski definition) is 3. The first kappa shape index (κ1) is 18.9. The van der Waals surface area contributed by atoms with E-state index in [0.29, 0.717) is 12.1 Å². The third-order valence-electron chi connectivity index (χ3n) is 4.95. The van der Waals surface area contributed by atoms with Gasteiger partial charge in [0.05, 0.1) is 11.6 Å². The highest BCUT2D eigenvalue weighted by Crippen LogP contribution is 2.39. The summed E-state index contributed by atoms with van der Waals surface area (Å²) in [6.45, 7) is 4.58. The summed E-state index contributed by atoms with van der Waals surface area (Å²) in [4.78, 5) is 27.2. The quantitative estimate of drug-likeness (QED) is 0.353. The molecule has 3 rings (SSSR count). The van der Waals surface area contributed by atoms with Crippen molar-refractivity contribution in [3.8, 4) is 0 Å². The Balaban J connectivity index is 2.12. The van der Waals surface area contributed by atoms with Gasteiger partial charge in [0.1, 0.15) is 5.76 Å². The van der Waals surface area contributed by atoms with Crippen molar-refractivity contribution in [2.75, 3.05) is 6.54 Å². The smallest absolute Gasteiger partial charge is 0.295 e. The maximum Gasteiger partial charge on any atom is 0.295 e. The van der Waals surface area contributed by atoms with E-state index < -0.39 is 17.7 Å². The topological polar surface area (TPSA) is 57.6 Å². The molecule has 2 aromatic rings. The summed E-state index contributed by atoms with van der Waals surface area (Å²) in [6, 6.07) is 16.2. The lowest BCUT2D eigenvalue weighted by atomic mass is 9.94.